The van der Waals surface area contributed by atoms with Crippen LogP contribution in [0.5, 0.6) is 0 Å². The zero-order valence-electron chi connectivity index (χ0n) is 37.3. The Morgan fingerprint density at radius 2 is 1.69 bits per heavy atom. The molecule has 0 amide bonds. The topological polar surface area (TPSA) is 119 Å². The van der Waals surface area contributed by atoms with Gasteiger partial charge in [0, 0.05) is 25.4 Å². The van der Waals surface area contributed by atoms with E-state index < -0.39 is 32.1 Å². The van der Waals surface area contributed by atoms with Crippen molar-refractivity contribution in [3.05, 3.63) is 71.8 Å². The number of benzene rings is 1. The molecule has 0 bridgehead atoms. The second-order valence-electron chi connectivity index (χ2n) is 16.5. The van der Waals surface area contributed by atoms with Crippen LogP contribution < -0.4 is 0 Å². The van der Waals surface area contributed by atoms with Gasteiger partial charge >= 0.3 is 17.9 Å². The van der Waals surface area contributed by atoms with E-state index in [1.807, 2.05) is 77.1 Å². The van der Waals surface area contributed by atoms with Gasteiger partial charge in [0.15, 0.2) is 8.32 Å². The van der Waals surface area contributed by atoms with Gasteiger partial charge in [0.25, 0.3) is 0 Å². The molecule has 2 heterocycles. The van der Waals surface area contributed by atoms with E-state index in [1.165, 1.54) is 6.92 Å². The highest BCUT2D eigenvalue weighted by Gasteiger charge is 2.46. The summed E-state index contributed by atoms with van der Waals surface area (Å²) in [6, 6.07) is 11.9. The molecule has 0 aliphatic carbocycles. The van der Waals surface area contributed by atoms with Crippen molar-refractivity contribution in [2.45, 2.75) is 169 Å². The molecule has 1 aromatic carbocycles. The van der Waals surface area contributed by atoms with Crippen molar-refractivity contribution in [1.29, 1.82) is 0 Å². The van der Waals surface area contributed by atoms with Gasteiger partial charge in [-0.3, -0.25) is 9.59 Å². The number of carbonyl (C=O) groups is 3. The van der Waals surface area contributed by atoms with Crippen LogP contribution in [0.3, 0.4) is 0 Å². The summed E-state index contributed by atoms with van der Waals surface area (Å²) >= 11 is 0. The maximum Gasteiger partial charge on any atom is 0.338 e. The van der Waals surface area contributed by atoms with Crippen LogP contribution in [-0.2, 0) is 42.4 Å². The lowest BCUT2D eigenvalue weighted by atomic mass is 9.88. The molecule has 10 unspecified atom stereocenters. The zero-order chi connectivity index (χ0) is 42.9. The fourth-order valence-corrected chi connectivity index (χ4v) is 10.9. The largest absolute Gasteiger partial charge is 0.458 e. The molecule has 326 valence electrons. The molecular formula is C47H74O10Si. The Balaban J connectivity index is 1.79. The predicted octanol–water partition coefficient (Wildman–Crippen LogP) is 9.98. The molecule has 0 radical (unpaired) electrons. The molecule has 58 heavy (non-hydrogen) atoms. The first-order valence-electron chi connectivity index (χ1n) is 21.8. The molecule has 2 aliphatic heterocycles. The first kappa shape index (κ1) is 49.3. The summed E-state index contributed by atoms with van der Waals surface area (Å²) in [6.45, 7) is 23.5. The SMILES string of the molecule is CCOCCOC1(C)CCC(O[Si](CC)(CC)CC)CC(=O)OC(/C(C)=C/C=C/C(C)CC2OC2C(C)C(CC)OC(=O)c2ccccc2)C(C)/C=C/C1OC(C)=O. The molecule has 1 aromatic rings. The molecule has 3 rings (SSSR count). The maximum atomic E-state index is 13.8. The van der Waals surface area contributed by atoms with Gasteiger partial charge < -0.3 is 32.8 Å². The zero-order valence-corrected chi connectivity index (χ0v) is 38.3. The molecule has 1 fully saturated rings. The van der Waals surface area contributed by atoms with E-state index in [0.29, 0.717) is 44.6 Å². The summed E-state index contributed by atoms with van der Waals surface area (Å²) in [5.74, 6) is -0.954. The number of hydrogen-bond donors (Lipinski definition) is 0. The van der Waals surface area contributed by atoms with Crippen molar-refractivity contribution in [1.82, 2.24) is 0 Å². The summed E-state index contributed by atoms with van der Waals surface area (Å²) in [5, 5.41) is 0. The first-order chi connectivity index (χ1) is 27.6. The highest BCUT2D eigenvalue weighted by molar-refractivity contribution is 6.73. The van der Waals surface area contributed by atoms with Crippen molar-refractivity contribution >= 4 is 26.2 Å². The van der Waals surface area contributed by atoms with Crippen LogP contribution in [0, 0.1) is 17.8 Å². The van der Waals surface area contributed by atoms with E-state index >= 15 is 0 Å². The summed E-state index contributed by atoms with van der Waals surface area (Å²) in [4.78, 5) is 39.0. The fraction of sp³-hybridized carbons (Fsp3) is 0.681. The van der Waals surface area contributed by atoms with Gasteiger partial charge in [0.2, 0.25) is 0 Å². The van der Waals surface area contributed by atoms with Crippen LogP contribution in [-0.4, -0.2) is 88.3 Å². The Morgan fingerprint density at radius 1 is 1.00 bits per heavy atom. The molecule has 0 spiro atoms. The van der Waals surface area contributed by atoms with Gasteiger partial charge in [-0.1, -0.05) is 91.0 Å². The van der Waals surface area contributed by atoms with Gasteiger partial charge in [0.05, 0.1) is 43.5 Å². The van der Waals surface area contributed by atoms with Crippen LogP contribution >= 0.6 is 0 Å². The first-order valence-corrected chi connectivity index (χ1v) is 24.4. The van der Waals surface area contributed by atoms with E-state index in [4.69, 9.17) is 32.8 Å². The van der Waals surface area contributed by atoms with Crippen molar-refractivity contribution in [2.75, 3.05) is 19.8 Å². The lowest BCUT2D eigenvalue weighted by Gasteiger charge is -2.39. The minimum atomic E-state index is -2.09. The lowest BCUT2D eigenvalue weighted by Crippen LogP contribution is -2.47. The number of epoxide rings is 1. The normalized spacial score (nSPS) is 28.1. The molecule has 1 saturated heterocycles. The predicted molar refractivity (Wildman–Crippen MR) is 231 cm³/mol. The van der Waals surface area contributed by atoms with Crippen LogP contribution in [0.1, 0.15) is 119 Å². The summed E-state index contributed by atoms with van der Waals surface area (Å²) in [7, 11) is -2.09. The van der Waals surface area contributed by atoms with Crippen molar-refractivity contribution in [3.8, 4) is 0 Å². The van der Waals surface area contributed by atoms with Gasteiger partial charge in [-0.05, 0) is 94.3 Å². The fourth-order valence-electron chi connectivity index (χ4n) is 7.99. The number of rotatable bonds is 21. The third-order valence-corrected chi connectivity index (χ3v) is 16.7. The number of hydrogen-bond acceptors (Lipinski definition) is 10. The van der Waals surface area contributed by atoms with Crippen molar-refractivity contribution in [2.24, 2.45) is 17.8 Å². The van der Waals surface area contributed by atoms with Gasteiger partial charge in [-0.2, -0.15) is 0 Å². The minimum Gasteiger partial charge on any atom is -0.458 e. The Bertz CT molecular complexity index is 1500. The molecular weight excluding hydrogens is 753 g/mol. The van der Waals surface area contributed by atoms with Gasteiger partial charge in [-0.25, -0.2) is 4.79 Å². The van der Waals surface area contributed by atoms with E-state index in [0.717, 1.165) is 30.1 Å². The van der Waals surface area contributed by atoms with Crippen LogP contribution in [0.2, 0.25) is 18.1 Å². The molecule has 2 aliphatic rings. The Labute approximate surface area is 350 Å². The second kappa shape index (κ2) is 24.2. The second-order valence-corrected chi connectivity index (χ2v) is 21.2. The summed E-state index contributed by atoms with van der Waals surface area (Å²) in [5.41, 5.74) is 0.557. The Kier molecular flexibility index (Phi) is 20.6. The summed E-state index contributed by atoms with van der Waals surface area (Å²) in [6.07, 6.45) is 11.0. The number of allylic oxidation sites excluding steroid dienone is 3. The molecule has 10 nitrogen and oxygen atoms in total. The minimum absolute atomic E-state index is 0.0327. The number of ether oxygens (including phenoxy) is 6. The monoisotopic (exact) mass is 827 g/mol. The summed E-state index contributed by atoms with van der Waals surface area (Å²) < 4.78 is 43.3. The number of carbonyl (C=O) groups excluding carboxylic acids is 3. The lowest BCUT2D eigenvalue weighted by molar-refractivity contribution is -0.166. The van der Waals surface area contributed by atoms with Gasteiger partial charge in [0.1, 0.15) is 23.9 Å². The van der Waals surface area contributed by atoms with Crippen LogP contribution in [0.25, 0.3) is 0 Å². The molecule has 11 heteroatoms. The highest BCUT2D eigenvalue weighted by atomic mass is 28.4. The van der Waals surface area contributed by atoms with E-state index in [1.54, 1.807) is 12.1 Å². The quantitative estimate of drug-likeness (QED) is 0.0225. The molecule has 0 aromatic heterocycles. The van der Waals surface area contributed by atoms with Crippen LogP contribution in [0.4, 0.5) is 0 Å². The van der Waals surface area contributed by atoms with E-state index in [2.05, 4.69) is 40.7 Å². The Hall–Kier alpha value is -3.09. The highest BCUT2D eigenvalue weighted by Crippen LogP contribution is 2.38. The third kappa shape index (κ3) is 15.2. The molecule has 10 atom stereocenters. The third-order valence-electron chi connectivity index (χ3n) is 12.0. The van der Waals surface area contributed by atoms with E-state index in [9.17, 15) is 14.4 Å². The number of cyclic esters (lactones) is 1. The van der Waals surface area contributed by atoms with Gasteiger partial charge in [-0.15, -0.1) is 0 Å². The number of esters is 3. The standard InChI is InChI=1S/C47H74O10Si/c1-12-40(55-46(50)38-23-18-17-19-24-38)36(9)45-41(54-45)31-33(6)21-20-22-34(7)44-35(8)25-26-42(53-37(10)48)47(11,52-30-29-51-13-2)28-27-39(32-43(49)56-44)57-58(14-3,15-4)16-5/h17-26,33,35-36,39-42,44-45H,12-16,27-32H2,1-11H3/b21-20+,26-25+,34-22+. The molecule has 0 N–H and O–H groups in total. The van der Waals surface area contributed by atoms with Crippen molar-refractivity contribution in [3.63, 3.8) is 0 Å². The maximum absolute atomic E-state index is 13.8. The Morgan fingerprint density at radius 3 is 2.31 bits per heavy atom. The molecule has 0 saturated carbocycles. The van der Waals surface area contributed by atoms with Crippen LogP contribution in [0.15, 0.2) is 66.3 Å². The van der Waals surface area contributed by atoms with E-state index in [-0.39, 0.29) is 60.5 Å². The average Bonchev–Trinajstić information content (AvgIpc) is 3.98. The van der Waals surface area contributed by atoms with Crippen molar-refractivity contribution < 1.29 is 47.2 Å². The average molecular weight is 827 g/mol. The smallest absolute Gasteiger partial charge is 0.338 e.